The van der Waals surface area contributed by atoms with Crippen LogP contribution in [0.2, 0.25) is 0 Å². The van der Waals surface area contributed by atoms with Crippen molar-refractivity contribution in [3.63, 3.8) is 0 Å². The molecule has 2 aromatic carbocycles. The lowest BCUT2D eigenvalue weighted by Gasteiger charge is -2.21. The molecule has 1 amide bonds. The van der Waals surface area contributed by atoms with Crippen LogP contribution in [0.25, 0.3) is 0 Å². The standard InChI is InChI=1S/C25H28N2O5S/c1-15-13-16(2)22(17(3)14-15)32-24-18(11-12-21(26-24)25(4,5)6)23(29)27-33(30,31)20-10-8-7-9-19(20)28/h7-14,28H,1-6H3,(H,27,29). The number of carbonyl (C=O) groups is 1. The van der Waals surface area contributed by atoms with Gasteiger partial charge in [0.15, 0.2) is 0 Å². The summed E-state index contributed by atoms with van der Waals surface area (Å²) in [5.74, 6) is -0.816. The highest BCUT2D eigenvalue weighted by atomic mass is 32.2. The summed E-state index contributed by atoms with van der Waals surface area (Å²) >= 11 is 0. The summed E-state index contributed by atoms with van der Waals surface area (Å²) in [6.07, 6.45) is 0. The number of hydrogen-bond donors (Lipinski definition) is 2. The lowest BCUT2D eigenvalue weighted by atomic mass is 9.91. The van der Waals surface area contributed by atoms with Crippen LogP contribution in [0, 0.1) is 20.8 Å². The quantitative estimate of drug-likeness (QED) is 0.551. The maximum atomic E-state index is 13.0. The Morgan fingerprint density at radius 3 is 2.18 bits per heavy atom. The summed E-state index contributed by atoms with van der Waals surface area (Å²) in [5, 5.41) is 9.92. The first kappa shape index (κ1) is 24.3. The van der Waals surface area contributed by atoms with Crippen LogP contribution in [0.4, 0.5) is 0 Å². The summed E-state index contributed by atoms with van der Waals surface area (Å²) in [4.78, 5) is 17.2. The molecule has 3 rings (SSSR count). The molecular weight excluding hydrogens is 440 g/mol. The number of rotatable bonds is 5. The zero-order valence-corrected chi connectivity index (χ0v) is 20.4. The fraction of sp³-hybridized carbons (Fsp3) is 0.280. The Hall–Kier alpha value is -3.39. The molecule has 1 aromatic heterocycles. The topological polar surface area (TPSA) is 106 Å². The van der Waals surface area contributed by atoms with E-state index in [0.29, 0.717) is 11.4 Å². The molecule has 0 bridgehead atoms. The van der Waals surface area contributed by atoms with Gasteiger partial charge in [-0.3, -0.25) is 4.79 Å². The third-order valence-corrected chi connectivity index (χ3v) is 6.44. The van der Waals surface area contributed by atoms with E-state index >= 15 is 0 Å². The van der Waals surface area contributed by atoms with E-state index in [1.54, 1.807) is 6.07 Å². The van der Waals surface area contributed by atoms with Gasteiger partial charge in [-0.25, -0.2) is 18.1 Å². The Balaban J connectivity index is 2.06. The second kappa shape index (κ2) is 8.86. The van der Waals surface area contributed by atoms with E-state index in [1.165, 1.54) is 30.3 Å². The Kier molecular flexibility index (Phi) is 6.51. The fourth-order valence-corrected chi connectivity index (χ4v) is 4.51. The van der Waals surface area contributed by atoms with E-state index in [4.69, 9.17) is 4.74 Å². The zero-order valence-electron chi connectivity index (χ0n) is 19.6. The lowest BCUT2D eigenvalue weighted by Crippen LogP contribution is -2.31. The van der Waals surface area contributed by atoms with Gasteiger partial charge in [-0.2, -0.15) is 0 Å². The van der Waals surface area contributed by atoms with Crippen molar-refractivity contribution < 1.29 is 23.1 Å². The normalized spacial score (nSPS) is 11.8. The van der Waals surface area contributed by atoms with Crippen LogP contribution in [0.15, 0.2) is 53.4 Å². The lowest BCUT2D eigenvalue weighted by molar-refractivity contribution is 0.0978. The number of amides is 1. The highest BCUT2D eigenvalue weighted by Gasteiger charge is 2.26. The van der Waals surface area contributed by atoms with E-state index in [-0.39, 0.29) is 16.9 Å². The Morgan fingerprint density at radius 2 is 1.61 bits per heavy atom. The number of hydrogen-bond acceptors (Lipinski definition) is 6. The SMILES string of the molecule is Cc1cc(C)c(Oc2nc(C(C)(C)C)ccc2C(=O)NS(=O)(=O)c2ccccc2O)c(C)c1. The number of ether oxygens (including phenoxy) is 1. The van der Waals surface area contributed by atoms with Crippen LogP contribution in [0.3, 0.4) is 0 Å². The molecule has 33 heavy (non-hydrogen) atoms. The predicted octanol–water partition coefficient (Wildman–Crippen LogP) is 4.92. The monoisotopic (exact) mass is 468 g/mol. The molecule has 0 saturated heterocycles. The molecule has 0 aliphatic carbocycles. The average molecular weight is 469 g/mol. The van der Waals surface area contributed by atoms with E-state index in [2.05, 4.69) is 4.98 Å². The summed E-state index contributed by atoms with van der Waals surface area (Å²) < 4.78 is 33.6. The number of nitrogens with zero attached hydrogens (tertiary/aromatic N) is 1. The molecule has 0 aliphatic heterocycles. The molecule has 0 radical (unpaired) electrons. The third kappa shape index (κ3) is 5.34. The van der Waals surface area contributed by atoms with Gasteiger partial charge < -0.3 is 9.84 Å². The number of carbonyl (C=O) groups excluding carboxylic acids is 1. The molecular formula is C25H28N2O5S. The van der Waals surface area contributed by atoms with Gasteiger partial charge in [0.25, 0.3) is 15.9 Å². The number of pyridine rings is 1. The van der Waals surface area contributed by atoms with E-state index in [1.807, 2.05) is 58.4 Å². The van der Waals surface area contributed by atoms with Gasteiger partial charge in [0.05, 0.1) is 0 Å². The predicted molar refractivity (Wildman–Crippen MR) is 126 cm³/mol. The summed E-state index contributed by atoms with van der Waals surface area (Å²) in [6, 6.07) is 12.5. The van der Waals surface area contributed by atoms with Crippen molar-refractivity contribution in [1.82, 2.24) is 9.71 Å². The highest BCUT2D eigenvalue weighted by Crippen LogP contribution is 2.33. The molecule has 0 spiro atoms. The van der Waals surface area contributed by atoms with Crippen LogP contribution in [-0.2, 0) is 15.4 Å². The van der Waals surface area contributed by atoms with Crippen LogP contribution in [-0.4, -0.2) is 24.4 Å². The first-order chi connectivity index (χ1) is 15.3. The second-order valence-corrected chi connectivity index (χ2v) is 10.7. The van der Waals surface area contributed by atoms with Crippen LogP contribution >= 0.6 is 0 Å². The molecule has 0 unspecified atom stereocenters. The van der Waals surface area contributed by atoms with E-state index in [9.17, 15) is 18.3 Å². The second-order valence-electron chi connectivity index (χ2n) is 9.03. The third-order valence-electron chi connectivity index (χ3n) is 5.06. The van der Waals surface area contributed by atoms with Gasteiger partial charge in [0.1, 0.15) is 22.0 Å². The van der Waals surface area contributed by atoms with Crippen molar-refractivity contribution in [2.24, 2.45) is 0 Å². The molecule has 2 N–H and O–H groups in total. The molecule has 0 aliphatic rings. The molecule has 7 nitrogen and oxygen atoms in total. The fourth-order valence-electron chi connectivity index (χ4n) is 3.45. The van der Waals surface area contributed by atoms with Gasteiger partial charge in [0, 0.05) is 11.1 Å². The average Bonchev–Trinajstić information content (AvgIpc) is 2.69. The summed E-state index contributed by atoms with van der Waals surface area (Å²) in [5.41, 5.74) is 3.11. The molecule has 0 atom stereocenters. The Bertz CT molecular complexity index is 1300. The summed E-state index contributed by atoms with van der Waals surface area (Å²) in [7, 11) is -4.32. The minimum Gasteiger partial charge on any atom is -0.507 e. The van der Waals surface area contributed by atoms with Crippen molar-refractivity contribution >= 4 is 15.9 Å². The number of benzene rings is 2. The summed E-state index contributed by atoms with van der Waals surface area (Å²) in [6.45, 7) is 11.7. The van der Waals surface area contributed by atoms with Gasteiger partial charge in [-0.05, 0) is 56.2 Å². The van der Waals surface area contributed by atoms with Gasteiger partial charge in [0.2, 0.25) is 5.88 Å². The van der Waals surface area contributed by atoms with Crippen molar-refractivity contribution in [2.75, 3.05) is 0 Å². The first-order valence-electron chi connectivity index (χ1n) is 10.4. The molecule has 1 heterocycles. The van der Waals surface area contributed by atoms with Crippen molar-refractivity contribution in [3.05, 3.63) is 76.5 Å². The maximum Gasteiger partial charge on any atom is 0.270 e. The largest absolute Gasteiger partial charge is 0.507 e. The Morgan fingerprint density at radius 1 is 1.00 bits per heavy atom. The van der Waals surface area contributed by atoms with Crippen molar-refractivity contribution in [3.8, 4) is 17.4 Å². The van der Waals surface area contributed by atoms with Crippen LogP contribution in [0.5, 0.6) is 17.4 Å². The van der Waals surface area contributed by atoms with Crippen molar-refractivity contribution in [2.45, 2.75) is 51.9 Å². The van der Waals surface area contributed by atoms with Gasteiger partial charge in [-0.15, -0.1) is 0 Å². The van der Waals surface area contributed by atoms with Gasteiger partial charge >= 0.3 is 0 Å². The zero-order chi connectivity index (χ0) is 24.6. The molecule has 3 aromatic rings. The van der Waals surface area contributed by atoms with E-state index < -0.39 is 26.6 Å². The number of aryl methyl sites for hydroxylation is 3. The number of phenols is 1. The van der Waals surface area contributed by atoms with Gasteiger partial charge in [-0.1, -0.05) is 50.6 Å². The molecule has 8 heteroatoms. The maximum absolute atomic E-state index is 13.0. The number of aromatic hydroxyl groups is 1. The first-order valence-corrected chi connectivity index (χ1v) is 11.9. The Labute approximate surface area is 194 Å². The number of phenolic OH excluding ortho intramolecular Hbond substituents is 1. The number of para-hydroxylation sites is 1. The number of sulfonamides is 1. The van der Waals surface area contributed by atoms with E-state index in [0.717, 1.165) is 16.7 Å². The molecule has 0 fully saturated rings. The van der Waals surface area contributed by atoms with Crippen LogP contribution in [0.1, 0.15) is 53.5 Å². The number of aromatic nitrogens is 1. The minimum absolute atomic E-state index is 0.00228. The highest BCUT2D eigenvalue weighted by molar-refractivity contribution is 7.90. The van der Waals surface area contributed by atoms with Crippen LogP contribution < -0.4 is 9.46 Å². The molecule has 174 valence electrons. The molecule has 0 saturated carbocycles. The van der Waals surface area contributed by atoms with Crippen molar-refractivity contribution in [1.29, 1.82) is 0 Å². The minimum atomic E-state index is -4.32. The number of nitrogens with one attached hydrogen (secondary N) is 1. The smallest absolute Gasteiger partial charge is 0.270 e.